The molecule has 0 unspecified atom stereocenters. The Morgan fingerprint density at radius 2 is 2.13 bits per heavy atom. The molecule has 1 saturated carbocycles. The number of anilines is 1. The van der Waals surface area contributed by atoms with Gasteiger partial charge in [-0.15, -0.1) is 5.10 Å². The van der Waals surface area contributed by atoms with Crippen molar-refractivity contribution in [2.45, 2.75) is 63.6 Å². The Balaban J connectivity index is 1.47. The number of amides is 1. The van der Waals surface area contributed by atoms with Gasteiger partial charge in [0.05, 0.1) is 23.0 Å². The van der Waals surface area contributed by atoms with Gasteiger partial charge < -0.3 is 9.84 Å². The molecule has 2 heterocycles. The van der Waals surface area contributed by atoms with Crippen LogP contribution in [0.5, 0.6) is 0 Å². The molecule has 0 saturated heterocycles. The van der Waals surface area contributed by atoms with Crippen LogP contribution in [-0.2, 0) is 4.79 Å². The molecule has 0 radical (unpaired) electrons. The maximum atomic E-state index is 12.7. The number of nitrogens with zero attached hydrogens (tertiary/aromatic N) is 6. The Morgan fingerprint density at radius 3 is 2.87 bits per heavy atom. The summed E-state index contributed by atoms with van der Waals surface area (Å²) in [5.41, 5.74) is 2.31. The van der Waals surface area contributed by atoms with Crippen LogP contribution in [-0.4, -0.2) is 42.0 Å². The Hall–Kier alpha value is -2.75. The van der Waals surface area contributed by atoms with Gasteiger partial charge in [-0.2, -0.15) is 4.98 Å². The fraction of sp³-hybridized carbons (Fsp3) is 0.500. The molecule has 10 heteroatoms. The summed E-state index contributed by atoms with van der Waals surface area (Å²) in [5.74, 6) is 1.27. The number of hydrogen-bond acceptors (Lipinski definition) is 8. The zero-order chi connectivity index (χ0) is 21.1. The summed E-state index contributed by atoms with van der Waals surface area (Å²) >= 11 is 1.35. The number of tetrazole rings is 1. The lowest BCUT2D eigenvalue weighted by Gasteiger charge is -2.12. The van der Waals surface area contributed by atoms with E-state index in [1.807, 2.05) is 43.7 Å². The average Bonchev–Trinajstić information content (AvgIpc) is 3.48. The first-order valence-electron chi connectivity index (χ1n) is 10.2. The van der Waals surface area contributed by atoms with Crippen LogP contribution in [0.15, 0.2) is 27.9 Å². The second kappa shape index (κ2) is 8.95. The highest BCUT2D eigenvalue weighted by Crippen LogP contribution is 2.32. The van der Waals surface area contributed by atoms with Gasteiger partial charge in [-0.1, -0.05) is 55.7 Å². The lowest BCUT2D eigenvalue weighted by atomic mass is 10.1. The minimum absolute atomic E-state index is 0.139. The molecule has 30 heavy (non-hydrogen) atoms. The van der Waals surface area contributed by atoms with Crippen molar-refractivity contribution >= 4 is 23.4 Å². The molecule has 2 aromatic heterocycles. The van der Waals surface area contributed by atoms with Crippen molar-refractivity contribution in [3.63, 3.8) is 0 Å². The van der Waals surface area contributed by atoms with E-state index in [2.05, 4.69) is 31.0 Å². The van der Waals surface area contributed by atoms with Crippen LogP contribution in [0.4, 0.5) is 5.69 Å². The van der Waals surface area contributed by atoms with E-state index in [9.17, 15) is 4.79 Å². The normalized spacial score (nSPS) is 14.5. The molecule has 1 amide bonds. The van der Waals surface area contributed by atoms with Crippen molar-refractivity contribution in [3.05, 3.63) is 29.6 Å². The van der Waals surface area contributed by atoms with E-state index in [1.54, 1.807) is 0 Å². The standard InChI is InChI=1S/C20H25N7O2S/c1-12(2)18-22-19(29-24-18)15-10-6-7-13(3)17(15)21-16(28)11-30-20-23-25-26-27(20)14-8-4-5-9-14/h6-7,10,12,14H,4-5,8-9,11H2,1-3H3,(H,21,28). The van der Waals surface area contributed by atoms with Gasteiger partial charge in [0.25, 0.3) is 5.89 Å². The number of para-hydroxylation sites is 1. The topological polar surface area (TPSA) is 112 Å². The predicted molar refractivity (Wildman–Crippen MR) is 113 cm³/mol. The van der Waals surface area contributed by atoms with Gasteiger partial charge in [-0.05, 0) is 41.8 Å². The molecule has 158 valence electrons. The Bertz CT molecular complexity index is 1020. The first kappa shape index (κ1) is 20.5. The van der Waals surface area contributed by atoms with Gasteiger partial charge in [0.2, 0.25) is 11.1 Å². The van der Waals surface area contributed by atoms with Crippen LogP contribution in [0, 0.1) is 6.92 Å². The number of carbonyl (C=O) groups is 1. The molecule has 0 spiro atoms. The minimum Gasteiger partial charge on any atom is -0.334 e. The lowest BCUT2D eigenvalue weighted by Crippen LogP contribution is -2.17. The molecule has 9 nitrogen and oxygen atoms in total. The maximum absolute atomic E-state index is 12.7. The Labute approximate surface area is 179 Å². The smallest absolute Gasteiger partial charge is 0.260 e. The number of rotatable bonds is 7. The zero-order valence-electron chi connectivity index (χ0n) is 17.3. The number of hydrogen-bond donors (Lipinski definition) is 1. The van der Waals surface area contributed by atoms with E-state index in [0.717, 1.165) is 18.4 Å². The van der Waals surface area contributed by atoms with Crippen molar-refractivity contribution < 1.29 is 9.32 Å². The number of benzene rings is 1. The van der Waals surface area contributed by atoms with E-state index in [-0.39, 0.29) is 17.6 Å². The summed E-state index contributed by atoms with van der Waals surface area (Å²) < 4.78 is 7.29. The summed E-state index contributed by atoms with van der Waals surface area (Å²) in [6.07, 6.45) is 4.55. The van der Waals surface area contributed by atoms with E-state index in [0.29, 0.717) is 34.2 Å². The number of carbonyl (C=O) groups excluding carboxylic acids is 1. The molecular formula is C20H25N7O2S. The highest BCUT2D eigenvalue weighted by atomic mass is 32.2. The van der Waals surface area contributed by atoms with Crippen molar-refractivity contribution in [3.8, 4) is 11.5 Å². The first-order valence-corrected chi connectivity index (χ1v) is 11.2. The first-order chi connectivity index (χ1) is 14.5. The molecule has 4 rings (SSSR count). The van der Waals surface area contributed by atoms with Crippen LogP contribution in [0.25, 0.3) is 11.5 Å². The Kier molecular flexibility index (Phi) is 6.12. The van der Waals surface area contributed by atoms with Gasteiger partial charge >= 0.3 is 0 Å². The van der Waals surface area contributed by atoms with E-state index >= 15 is 0 Å². The average molecular weight is 428 g/mol. The SMILES string of the molecule is Cc1cccc(-c2nc(C(C)C)no2)c1NC(=O)CSc1nnnn1C1CCCC1. The molecule has 0 aliphatic heterocycles. The Morgan fingerprint density at radius 1 is 1.33 bits per heavy atom. The van der Waals surface area contributed by atoms with E-state index < -0.39 is 0 Å². The highest BCUT2D eigenvalue weighted by Gasteiger charge is 2.23. The summed E-state index contributed by atoms with van der Waals surface area (Å²) in [4.78, 5) is 17.2. The van der Waals surface area contributed by atoms with Crippen LogP contribution in [0.2, 0.25) is 0 Å². The third kappa shape index (κ3) is 4.38. The third-order valence-corrected chi connectivity index (χ3v) is 6.12. The fourth-order valence-electron chi connectivity index (χ4n) is 3.55. The van der Waals surface area contributed by atoms with Crippen molar-refractivity contribution in [2.24, 2.45) is 0 Å². The van der Waals surface area contributed by atoms with Crippen LogP contribution >= 0.6 is 11.8 Å². The maximum Gasteiger partial charge on any atom is 0.260 e. The van der Waals surface area contributed by atoms with Crippen molar-refractivity contribution in [2.75, 3.05) is 11.1 Å². The number of aryl methyl sites for hydroxylation is 1. The monoisotopic (exact) mass is 427 g/mol. The molecule has 1 aliphatic rings. The predicted octanol–water partition coefficient (Wildman–Crippen LogP) is 4.00. The van der Waals surface area contributed by atoms with Crippen LogP contribution in [0.3, 0.4) is 0 Å². The molecule has 0 bridgehead atoms. The molecular weight excluding hydrogens is 402 g/mol. The van der Waals surface area contributed by atoms with E-state index in [1.165, 1.54) is 24.6 Å². The zero-order valence-corrected chi connectivity index (χ0v) is 18.1. The van der Waals surface area contributed by atoms with Crippen molar-refractivity contribution in [1.29, 1.82) is 0 Å². The van der Waals surface area contributed by atoms with E-state index in [4.69, 9.17) is 4.52 Å². The summed E-state index contributed by atoms with van der Waals surface area (Å²) in [6.45, 7) is 5.94. The summed E-state index contributed by atoms with van der Waals surface area (Å²) in [5, 5.41) is 19.7. The quantitative estimate of drug-likeness (QED) is 0.563. The van der Waals surface area contributed by atoms with Crippen LogP contribution in [0.1, 0.15) is 62.9 Å². The number of nitrogens with one attached hydrogen (secondary N) is 1. The minimum atomic E-state index is -0.139. The number of aromatic nitrogens is 6. The summed E-state index contributed by atoms with van der Waals surface area (Å²) in [7, 11) is 0. The molecule has 1 N–H and O–H groups in total. The third-order valence-electron chi connectivity index (χ3n) is 5.19. The second-order valence-electron chi connectivity index (χ2n) is 7.79. The fourth-order valence-corrected chi connectivity index (χ4v) is 4.30. The van der Waals surface area contributed by atoms with Gasteiger partial charge in [-0.3, -0.25) is 4.79 Å². The molecule has 3 aromatic rings. The molecule has 1 fully saturated rings. The van der Waals surface area contributed by atoms with Gasteiger partial charge in [0.1, 0.15) is 0 Å². The van der Waals surface area contributed by atoms with Gasteiger partial charge in [0, 0.05) is 5.92 Å². The highest BCUT2D eigenvalue weighted by molar-refractivity contribution is 7.99. The second-order valence-corrected chi connectivity index (χ2v) is 8.73. The van der Waals surface area contributed by atoms with Gasteiger partial charge in [-0.25, -0.2) is 4.68 Å². The molecule has 1 aliphatic carbocycles. The lowest BCUT2D eigenvalue weighted by molar-refractivity contribution is -0.113. The largest absolute Gasteiger partial charge is 0.334 e. The van der Waals surface area contributed by atoms with Crippen molar-refractivity contribution in [1.82, 2.24) is 30.3 Å². The molecule has 0 atom stereocenters. The van der Waals surface area contributed by atoms with Crippen LogP contribution < -0.4 is 5.32 Å². The van der Waals surface area contributed by atoms with Gasteiger partial charge in [0.15, 0.2) is 5.82 Å². The summed E-state index contributed by atoms with van der Waals surface area (Å²) in [6, 6.07) is 6.05. The number of thioether (sulfide) groups is 1. The molecule has 1 aromatic carbocycles.